The van der Waals surface area contributed by atoms with Gasteiger partial charge in [0.15, 0.2) is 0 Å². The van der Waals surface area contributed by atoms with E-state index in [0.29, 0.717) is 5.75 Å². The van der Waals surface area contributed by atoms with Crippen LogP contribution in [0, 0.1) is 13.8 Å². The van der Waals surface area contributed by atoms with E-state index < -0.39 is 0 Å². The number of hydrogen-bond donors (Lipinski definition) is 2. The molecule has 0 bridgehead atoms. The van der Waals surface area contributed by atoms with Crippen molar-refractivity contribution in [3.63, 3.8) is 0 Å². The zero-order valence-electron chi connectivity index (χ0n) is 12.5. The van der Waals surface area contributed by atoms with Crippen molar-refractivity contribution < 1.29 is 5.11 Å². The van der Waals surface area contributed by atoms with Gasteiger partial charge in [-0.2, -0.15) is 0 Å². The highest BCUT2D eigenvalue weighted by atomic mass is 16.3. The van der Waals surface area contributed by atoms with Crippen LogP contribution in [0.25, 0.3) is 0 Å². The Labute approximate surface area is 121 Å². The predicted octanol–water partition coefficient (Wildman–Crippen LogP) is 4.57. The number of aryl methyl sites for hydroxylation is 3. The van der Waals surface area contributed by atoms with Gasteiger partial charge in [0.2, 0.25) is 0 Å². The van der Waals surface area contributed by atoms with Crippen LogP contribution >= 0.6 is 0 Å². The van der Waals surface area contributed by atoms with E-state index >= 15 is 0 Å². The molecule has 0 unspecified atom stereocenters. The first-order chi connectivity index (χ1) is 9.60. The average Bonchev–Trinajstić information content (AvgIpc) is 2.44. The molecule has 0 aliphatic carbocycles. The first-order valence-corrected chi connectivity index (χ1v) is 7.22. The Balaban J connectivity index is 2.01. The number of anilines is 1. The molecule has 0 fully saturated rings. The van der Waals surface area contributed by atoms with E-state index in [9.17, 15) is 5.11 Å². The van der Waals surface area contributed by atoms with Gasteiger partial charge < -0.3 is 10.4 Å². The summed E-state index contributed by atoms with van der Waals surface area (Å²) >= 11 is 0. The number of rotatable bonds is 5. The number of phenols is 1. The van der Waals surface area contributed by atoms with Crippen LogP contribution in [-0.2, 0) is 13.0 Å². The highest BCUT2D eigenvalue weighted by molar-refractivity contribution is 5.47. The molecule has 0 heterocycles. The van der Waals surface area contributed by atoms with Crippen LogP contribution in [0.1, 0.15) is 35.6 Å². The van der Waals surface area contributed by atoms with Gasteiger partial charge in [-0.25, -0.2) is 0 Å². The fourth-order valence-corrected chi connectivity index (χ4v) is 2.43. The van der Waals surface area contributed by atoms with Gasteiger partial charge in [0.25, 0.3) is 0 Å². The Morgan fingerprint density at radius 2 is 1.55 bits per heavy atom. The second kappa shape index (κ2) is 6.47. The zero-order valence-corrected chi connectivity index (χ0v) is 12.5. The summed E-state index contributed by atoms with van der Waals surface area (Å²) in [5, 5.41) is 13.2. The maximum atomic E-state index is 9.78. The topological polar surface area (TPSA) is 32.3 Å². The lowest BCUT2D eigenvalue weighted by atomic mass is 10.1. The van der Waals surface area contributed by atoms with Crippen LogP contribution in [0.5, 0.6) is 5.75 Å². The molecule has 0 spiro atoms. The molecule has 0 amide bonds. The number of benzene rings is 2. The first-order valence-electron chi connectivity index (χ1n) is 7.22. The average molecular weight is 269 g/mol. The summed E-state index contributed by atoms with van der Waals surface area (Å²) in [4.78, 5) is 0. The number of aromatic hydroxyl groups is 1. The summed E-state index contributed by atoms with van der Waals surface area (Å²) in [7, 11) is 0. The van der Waals surface area contributed by atoms with Crippen LogP contribution in [-0.4, -0.2) is 5.11 Å². The molecule has 0 aliphatic heterocycles. The summed E-state index contributed by atoms with van der Waals surface area (Å²) < 4.78 is 0. The highest BCUT2D eigenvalue weighted by Crippen LogP contribution is 2.23. The van der Waals surface area contributed by atoms with Gasteiger partial charge in [0.05, 0.1) is 0 Å². The van der Waals surface area contributed by atoms with Crippen molar-refractivity contribution in [2.75, 3.05) is 5.32 Å². The standard InChI is InChI=1S/C18H23NO/c1-4-5-15-6-8-17(9-7-15)19-12-16-10-13(2)18(20)14(3)11-16/h6-11,19-20H,4-5,12H2,1-3H3. The molecule has 0 aromatic heterocycles. The lowest BCUT2D eigenvalue weighted by Crippen LogP contribution is -2.00. The third-order valence-electron chi connectivity index (χ3n) is 3.54. The van der Waals surface area contributed by atoms with Gasteiger partial charge in [0.1, 0.15) is 5.75 Å². The fourth-order valence-electron chi connectivity index (χ4n) is 2.43. The molecule has 2 nitrogen and oxygen atoms in total. The Morgan fingerprint density at radius 1 is 0.950 bits per heavy atom. The quantitative estimate of drug-likeness (QED) is 0.833. The van der Waals surface area contributed by atoms with Crippen molar-refractivity contribution in [2.45, 2.75) is 40.2 Å². The Morgan fingerprint density at radius 3 is 2.10 bits per heavy atom. The lowest BCUT2D eigenvalue weighted by molar-refractivity contribution is 0.466. The number of phenolic OH excluding ortho intramolecular Hbond substituents is 1. The SMILES string of the molecule is CCCc1ccc(NCc2cc(C)c(O)c(C)c2)cc1. The van der Waals surface area contributed by atoms with Gasteiger partial charge in [0, 0.05) is 12.2 Å². The molecule has 2 N–H and O–H groups in total. The molecule has 2 aromatic rings. The first kappa shape index (κ1) is 14.4. The van der Waals surface area contributed by atoms with E-state index in [2.05, 4.69) is 36.5 Å². The number of hydrogen-bond acceptors (Lipinski definition) is 2. The van der Waals surface area contributed by atoms with E-state index in [1.165, 1.54) is 17.5 Å². The molecule has 2 aromatic carbocycles. The zero-order chi connectivity index (χ0) is 14.5. The summed E-state index contributed by atoms with van der Waals surface area (Å²) in [5.74, 6) is 0.401. The largest absolute Gasteiger partial charge is 0.507 e. The third kappa shape index (κ3) is 3.53. The van der Waals surface area contributed by atoms with E-state index in [1.54, 1.807) is 0 Å². The minimum Gasteiger partial charge on any atom is -0.507 e. The smallest absolute Gasteiger partial charge is 0.121 e. The van der Waals surface area contributed by atoms with Gasteiger partial charge >= 0.3 is 0 Å². The molecule has 0 saturated heterocycles. The van der Waals surface area contributed by atoms with Gasteiger partial charge in [-0.15, -0.1) is 0 Å². The predicted molar refractivity (Wildman–Crippen MR) is 85.3 cm³/mol. The van der Waals surface area contributed by atoms with Crippen LogP contribution < -0.4 is 5.32 Å². The molecule has 0 radical (unpaired) electrons. The second-order valence-corrected chi connectivity index (χ2v) is 5.38. The molecule has 0 aliphatic rings. The third-order valence-corrected chi connectivity index (χ3v) is 3.54. The van der Waals surface area contributed by atoms with Gasteiger partial charge in [-0.3, -0.25) is 0 Å². The minimum atomic E-state index is 0.401. The monoisotopic (exact) mass is 269 g/mol. The Hall–Kier alpha value is -1.96. The summed E-state index contributed by atoms with van der Waals surface area (Å²) in [6.07, 6.45) is 2.31. The van der Waals surface area contributed by atoms with Crippen LogP contribution in [0.4, 0.5) is 5.69 Å². The molecule has 0 saturated carbocycles. The van der Waals surface area contributed by atoms with Crippen LogP contribution in [0.15, 0.2) is 36.4 Å². The summed E-state index contributed by atoms with van der Waals surface area (Å²) in [6.45, 7) is 6.84. The minimum absolute atomic E-state index is 0.401. The molecule has 106 valence electrons. The van der Waals surface area contributed by atoms with Crippen LogP contribution in [0.3, 0.4) is 0 Å². The van der Waals surface area contributed by atoms with Crippen molar-refractivity contribution in [3.8, 4) is 5.75 Å². The molecular weight excluding hydrogens is 246 g/mol. The molecular formula is C18H23NO. The van der Waals surface area contributed by atoms with E-state index in [4.69, 9.17) is 0 Å². The lowest BCUT2D eigenvalue weighted by Gasteiger charge is -2.10. The van der Waals surface area contributed by atoms with Crippen molar-refractivity contribution in [3.05, 3.63) is 58.7 Å². The van der Waals surface area contributed by atoms with Gasteiger partial charge in [-0.1, -0.05) is 37.6 Å². The molecule has 20 heavy (non-hydrogen) atoms. The van der Waals surface area contributed by atoms with E-state index in [1.807, 2.05) is 26.0 Å². The normalized spacial score (nSPS) is 10.6. The van der Waals surface area contributed by atoms with Crippen molar-refractivity contribution in [1.29, 1.82) is 0 Å². The molecule has 2 heteroatoms. The maximum Gasteiger partial charge on any atom is 0.121 e. The second-order valence-electron chi connectivity index (χ2n) is 5.38. The van der Waals surface area contributed by atoms with Crippen molar-refractivity contribution in [2.24, 2.45) is 0 Å². The summed E-state index contributed by atoms with van der Waals surface area (Å²) in [6, 6.07) is 12.7. The highest BCUT2D eigenvalue weighted by Gasteiger charge is 2.03. The maximum absolute atomic E-state index is 9.78. The van der Waals surface area contributed by atoms with E-state index in [-0.39, 0.29) is 0 Å². The fraction of sp³-hybridized carbons (Fsp3) is 0.333. The molecule has 0 atom stereocenters. The number of nitrogens with one attached hydrogen (secondary N) is 1. The van der Waals surface area contributed by atoms with Crippen molar-refractivity contribution >= 4 is 5.69 Å². The summed E-state index contributed by atoms with van der Waals surface area (Å²) in [5.41, 5.74) is 5.57. The van der Waals surface area contributed by atoms with Gasteiger partial charge in [-0.05, 0) is 54.7 Å². The van der Waals surface area contributed by atoms with Crippen LogP contribution in [0.2, 0.25) is 0 Å². The van der Waals surface area contributed by atoms with E-state index in [0.717, 1.165) is 29.8 Å². The molecule has 2 rings (SSSR count). The Kier molecular flexibility index (Phi) is 4.67. The van der Waals surface area contributed by atoms with Crippen molar-refractivity contribution in [1.82, 2.24) is 0 Å². The Bertz CT molecular complexity index is 549.